The number of nitrogens with zero attached hydrogens (tertiary/aromatic N) is 1. The van der Waals surface area contributed by atoms with Crippen molar-refractivity contribution in [3.63, 3.8) is 0 Å². The molecule has 1 atom stereocenters. The van der Waals surface area contributed by atoms with Gasteiger partial charge in [0.15, 0.2) is 0 Å². The molecule has 3 fully saturated rings. The average molecular weight is 222 g/mol. The van der Waals surface area contributed by atoms with Gasteiger partial charge in [-0.3, -0.25) is 0 Å². The van der Waals surface area contributed by atoms with Crippen LogP contribution in [0.5, 0.6) is 0 Å². The lowest BCUT2D eigenvalue weighted by Crippen LogP contribution is -2.48. The van der Waals surface area contributed by atoms with Gasteiger partial charge in [0, 0.05) is 18.6 Å². The van der Waals surface area contributed by atoms with Crippen molar-refractivity contribution in [2.75, 3.05) is 13.1 Å². The maximum atomic E-state index is 12.1. The summed E-state index contributed by atoms with van der Waals surface area (Å²) < 4.78 is 0. The van der Waals surface area contributed by atoms with E-state index in [1.807, 2.05) is 4.90 Å². The standard InChI is InChI=1S/C13H22N2O/c1-10-3-8-15(9-10)11(16)14-13(6-7-13)12(2)4-5-12/h10H,3-9H2,1-2H3,(H,14,16). The Balaban J connectivity index is 1.61. The van der Waals surface area contributed by atoms with E-state index in [1.165, 1.54) is 25.7 Å². The third-order valence-electron chi connectivity index (χ3n) is 4.96. The average Bonchev–Trinajstić information content (AvgIpc) is 3.12. The molecular formula is C13H22N2O. The number of nitrogens with one attached hydrogen (secondary N) is 1. The van der Waals surface area contributed by atoms with E-state index in [0.717, 1.165) is 19.5 Å². The molecule has 16 heavy (non-hydrogen) atoms. The van der Waals surface area contributed by atoms with Gasteiger partial charge in [-0.1, -0.05) is 13.8 Å². The number of hydrogen-bond donors (Lipinski definition) is 1. The van der Waals surface area contributed by atoms with Crippen LogP contribution in [0.25, 0.3) is 0 Å². The van der Waals surface area contributed by atoms with Crippen molar-refractivity contribution in [3.05, 3.63) is 0 Å². The van der Waals surface area contributed by atoms with Crippen molar-refractivity contribution in [3.8, 4) is 0 Å². The van der Waals surface area contributed by atoms with Crippen molar-refractivity contribution in [2.45, 2.75) is 51.5 Å². The number of amides is 2. The van der Waals surface area contributed by atoms with Crippen LogP contribution in [0.4, 0.5) is 4.79 Å². The van der Waals surface area contributed by atoms with Crippen LogP contribution in [0.2, 0.25) is 0 Å². The Kier molecular flexibility index (Phi) is 2.05. The van der Waals surface area contributed by atoms with E-state index in [1.54, 1.807) is 0 Å². The first-order valence-electron chi connectivity index (χ1n) is 6.62. The number of hydrogen-bond acceptors (Lipinski definition) is 1. The number of urea groups is 1. The topological polar surface area (TPSA) is 32.3 Å². The van der Waals surface area contributed by atoms with E-state index in [0.29, 0.717) is 11.3 Å². The van der Waals surface area contributed by atoms with Crippen molar-refractivity contribution >= 4 is 6.03 Å². The first kappa shape index (κ1) is 10.4. The maximum Gasteiger partial charge on any atom is 0.317 e. The Morgan fingerprint density at radius 2 is 2.00 bits per heavy atom. The second-order valence-corrected chi connectivity index (χ2v) is 6.41. The molecule has 1 saturated heterocycles. The molecule has 0 bridgehead atoms. The van der Waals surface area contributed by atoms with Crippen LogP contribution in [-0.2, 0) is 0 Å². The van der Waals surface area contributed by atoms with Crippen LogP contribution in [0.3, 0.4) is 0 Å². The molecule has 0 aromatic rings. The van der Waals surface area contributed by atoms with Crippen molar-refractivity contribution in [2.24, 2.45) is 11.3 Å². The fourth-order valence-electron chi connectivity index (χ4n) is 3.07. The van der Waals surface area contributed by atoms with Gasteiger partial charge in [-0.15, -0.1) is 0 Å². The zero-order valence-electron chi connectivity index (χ0n) is 10.4. The minimum absolute atomic E-state index is 0.176. The van der Waals surface area contributed by atoms with Crippen molar-refractivity contribution in [1.82, 2.24) is 10.2 Å². The van der Waals surface area contributed by atoms with Gasteiger partial charge in [0.2, 0.25) is 0 Å². The van der Waals surface area contributed by atoms with Gasteiger partial charge in [-0.2, -0.15) is 0 Å². The highest BCUT2D eigenvalue weighted by atomic mass is 16.2. The molecule has 1 heterocycles. The Labute approximate surface area is 97.6 Å². The predicted octanol–water partition coefficient (Wildman–Crippen LogP) is 2.37. The van der Waals surface area contributed by atoms with Gasteiger partial charge in [0.1, 0.15) is 0 Å². The van der Waals surface area contributed by atoms with Gasteiger partial charge in [0.25, 0.3) is 0 Å². The lowest BCUT2D eigenvalue weighted by atomic mass is 9.96. The zero-order chi connectivity index (χ0) is 11.4. The second kappa shape index (κ2) is 3.14. The normalized spacial score (nSPS) is 33.6. The lowest BCUT2D eigenvalue weighted by molar-refractivity contribution is 0.193. The summed E-state index contributed by atoms with van der Waals surface area (Å²) in [6.07, 6.45) is 6.14. The SMILES string of the molecule is CC1CCN(C(=O)NC2(C3(C)CC3)CC2)C1. The fraction of sp³-hybridized carbons (Fsp3) is 0.923. The molecule has 2 aliphatic carbocycles. The van der Waals surface area contributed by atoms with E-state index >= 15 is 0 Å². The summed E-state index contributed by atoms with van der Waals surface area (Å²) in [4.78, 5) is 14.1. The first-order chi connectivity index (χ1) is 7.55. The zero-order valence-corrected chi connectivity index (χ0v) is 10.4. The highest BCUT2D eigenvalue weighted by Gasteiger charge is 2.63. The molecule has 0 aromatic carbocycles. The van der Waals surface area contributed by atoms with E-state index in [4.69, 9.17) is 0 Å². The van der Waals surface area contributed by atoms with E-state index in [9.17, 15) is 4.79 Å². The third-order valence-corrected chi connectivity index (χ3v) is 4.96. The molecule has 2 amide bonds. The summed E-state index contributed by atoms with van der Waals surface area (Å²) >= 11 is 0. The largest absolute Gasteiger partial charge is 0.332 e. The third kappa shape index (κ3) is 1.52. The molecule has 3 nitrogen and oxygen atoms in total. The van der Waals surface area contributed by atoms with Crippen LogP contribution in [0, 0.1) is 11.3 Å². The minimum Gasteiger partial charge on any atom is -0.332 e. The molecule has 1 N–H and O–H groups in total. The molecule has 0 radical (unpaired) electrons. The molecule has 2 saturated carbocycles. The number of carbonyl (C=O) groups excluding carboxylic acids is 1. The fourth-order valence-corrected chi connectivity index (χ4v) is 3.07. The van der Waals surface area contributed by atoms with E-state index < -0.39 is 0 Å². The summed E-state index contributed by atoms with van der Waals surface area (Å²) in [5.74, 6) is 0.678. The Bertz CT molecular complexity index is 318. The van der Waals surface area contributed by atoms with Gasteiger partial charge in [0.05, 0.1) is 0 Å². The molecule has 90 valence electrons. The Hall–Kier alpha value is -0.730. The molecular weight excluding hydrogens is 200 g/mol. The Morgan fingerprint density at radius 1 is 1.31 bits per heavy atom. The van der Waals surface area contributed by atoms with Crippen LogP contribution in [-0.4, -0.2) is 29.6 Å². The van der Waals surface area contributed by atoms with Gasteiger partial charge < -0.3 is 10.2 Å². The summed E-state index contributed by atoms with van der Waals surface area (Å²) in [5.41, 5.74) is 0.601. The maximum absolute atomic E-state index is 12.1. The summed E-state index contributed by atoms with van der Waals surface area (Å²) in [6.45, 7) is 6.44. The predicted molar refractivity (Wildman–Crippen MR) is 63.2 cm³/mol. The molecule has 3 aliphatic rings. The number of carbonyl (C=O) groups is 1. The molecule has 3 heteroatoms. The van der Waals surface area contributed by atoms with Crippen molar-refractivity contribution in [1.29, 1.82) is 0 Å². The van der Waals surface area contributed by atoms with Crippen molar-refractivity contribution < 1.29 is 4.79 Å². The van der Waals surface area contributed by atoms with E-state index in [-0.39, 0.29) is 11.6 Å². The molecule has 3 rings (SSSR count). The first-order valence-corrected chi connectivity index (χ1v) is 6.62. The summed E-state index contributed by atoms with van der Waals surface area (Å²) in [5, 5.41) is 3.32. The molecule has 0 spiro atoms. The summed E-state index contributed by atoms with van der Waals surface area (Å²) in [6, 6.07) is 0.190. The van der Waals surface area contributed by atoms with Crippen LogP contribution < -0.4 is 5.32 Å². The van der Waals surface area contributed by atoms with Gasteiger partial charge in [-0.25, -0.2) is 4.79 Å². The molecule has 0 aromatic heterocycles. The Morgan fingerprint density at radius 3 is 2.44 bits per heavy atom. The molecule has 1 aliphatic heterocycles. The lowest BCUT2D eigenvalue weighted by Gasteiger charge is -2.27. The molecule has 1 unspecified atom stereocenters. The highest BCUT2D eigenvalue weighted by Crippen LogP contribution is 2.63. The number of rotatable bonds is 2. The van der Waals surface area contributed by atoms with Crippen LogP contribution in [0.1, 0.15) is 46.0 Å². The second-order valence-electron chi connectivity index (χ2n) is 6.41. The highest BCUT2D eigenvalue weighted by molar-refractivity contribution is 5.76. The van der Waals surface area contributed by atoms with Gasteiger partial charge >= 0.3 is 6.03 Å². The number of likely N-dealkylation sites (tertiary alicyclic amines) is 1. The van der Waals surface area contributed by atoms with Crippen LogP contribution in [0.15, 0.2) is 0 Å². The minimum atomic E-state index is 0.176. The quantitative estimate of drug-likeness (QED) is 0.764. The summed E-state index contributed by atoms with van der Waals surface area (Å²) in [7, 11) is 0. The van der Waals surface area contributed by atoms with Gasteiger partial charge in [-0.05, 0) is 43.4 Å². The van der Waals surface area contributed by atoms with Crippen LogP contribution >= 0.6 is 0 Å². The van der Waals surface area contributed by atoms with E-state index in [2.05, 4.69) is 19.2 Å². The smallest absolute Gasteiger partial charge is 0.317 e. The monoisotopic (exact) mass is 222 g/mol.